The highest BCUT2D eigenvalue weighted by Gasteiger charge is 2.17. The fraction of sp³-hybridized carbons (Fsp3) is 0.0588. The first-order chi connectivity index (χ1) is 10.5. The number of hydrogen-bond donors (Lipinski definition) is 1. The van der Waals surface area contributed by atoms with Gasteiger partial charge in [0.15, 0.2) is 11.5 Å². The topological polar surface area (TPSA) is 72.8 Å². The van der Waals surface area contributed by atoms with E-state index in [0.717, 1.165) is 0 Å². The predicted octanol–water partition coefficient (Wildman–Crippen LogP) is 3.25. The number of ketones is 1. The lowest BCUT2D eigenvalue weighted by Gasteiger charge is -2.09. The maximum absolute atomic E-state index is 12.4. The number of esters is 1. The van der Waals surface area contributed by atoms with Crippen molar-refractivity contribution in [2.75, 3.05) is 0 Å². The van der Waals surface area contributed by atoms with Crippen molar-refractivity contribution < 1.29 is 24.5 Å². The molecule has 2 aromatic rings. The zero-order valence-electron chi connectivity index (χ0n) is 11.9. The van der Waals surface area contributed by atoms with Crippen LogP contribution >= 0.6 is 0 Å². The lowest BCUT2D eigenvalue weighted by atomic mass is 10.0. The van der Waals surface area contributed by atoms with Crippen molar-refractivity contribution in [1.29, 1.82) is 0 Å². The third-order valence-electron chi connectivity index (χ3n) is 2.89. The smallest absolute Gasteiger partial charge is 0.338 e. The molecule has 5 nitrogen and oxygen atoms in total. The molecule has 2 rings (SSSR count). The summed E-state index contributed by atoms with van der Waals surface area (Å²) >= 11 is 0. The van der Waals surface area contributed by atoms with Gasteiger partial charge in [-0.05, 0) is 19.1 Å². The van der Waals surface area contributed by atoms with Crippen molar-refractivity contribution >= 4 is 11.8 Å². The summed E-state index contributed by atoms with van der Waals surface area (Å²) in [6, 6.07) is 12.7. The van der Waals surface area contributed by atoms with Crippen molar-refractivity contribution in [3.63, 3.8) is 0 Å². The summed E-state index contributed by atoms with van der Waals surface area (Å²) in [4.78, 5) is 28.1. The molecule has 0 atom stereocenters. The summed E-state index contributed by atoms with van der Waals surface area (Å²) in [6.07, 6.45) is 0. The lowest BCUT2D eigenvalue weighted by Crippen LogP contribution is -2.09. The normalized spacial score (nSPS) is 9.91. The standard InChI is InChI=1S/C17H14O5/c1-11(2)17(19)21-13-8-9-14(15(10-13)22-20)16(18)12-6-4-3-5-7-12/h3-10,20H,1H2,2H3. The number of rotatable bonds is 5. The summed E-state index contributed by atoms with van der Waals surface area (Å²) in [7, 11) is 0. The summed E-state index contributed by atoms with van der Waals surface area (Å²) in [5.41, 5.74) is 0.840. The Morgan fingerprint density at radius 2 is 1.77 bits per heavy atom. The number of benzene rings is 2. The third-order valence-corrected chi connectivity index (χ3v) is 2.89. The molecule has 1 N–H and O–H groups in total. The van der Waals surface area contributed by atoms with E-state index in [4.69, 9.17) is 9.99 Å². The van der Waals surface area contributed by atoms with Crippen LogP contribution in [0.5, 0.6) is 11.5 Å². The lowest BCUT2D eigenvalue weighted by molar-refractivity contribution is -0.138. The minimum Gasteiger partial charge on any atom is -0.423 e. The van der Waals surface area contributed by atoms with Gasteiger partial charge in [-0.15, -0.1) is 0 Å². The summed E-state index contributed by atoms with van der Waals surface area (Å²) in [5.74, 6) is -0.879. The highest BCUT2D eigenvalue weighted by atomic mass is 17.1. The van der Waals surface area contributed by atoms with Crippen LogP contribution in [0.2, 0.25) is 0 Å². The number of hydrogen-bond acceptors (Lipinski definition) is 5. The van der Waals surface area contributed by atoms with E-state index in [0.29, 0.717) is 5.56 Å². The van der Waals surface area contributed by atoms with Crippen molar-refractivity contribution in [2.45, 2.75) is 6.92 Å². The van der Waals surface area contributed by atoms with Crippen LogP contribution in [0.4, 0.5) is 0 Å². The molecule has 0 aliphatic carbocycles. The number of carbonyl (C=O) groups is 2. The van der Waals surface area contributed by atoms with Crippen LogP contribution in [0, 0.1) is 0 Å². The van der Waals surface area contributed by atoms with Gasteiger partial charge < -0.3 is 9.62 Å². The van der Waals surface area contributed by atoms with E-state index in [9.17, 15) is 9.59 Å². The van der Waals surface area contributed by atoms with E-state index in [1.54, 1.807) is 30.3 Å². The molecule has 22 heavy (non-hydrogen) atoms. The van der Waals surface area contributed by atoms with Gasteiger partial charge in [0, 0.05) is 17.2 Å². The van der Waals surface area contributed by atoms with Crippen molar-refractivity contribution in [3.8, 4) is 11.5 Å². The van der Waals surface area contributed by atoms with Crippen molar-refractivity contribution in [3.05, 3.63) is 71.8 Å². The third kappa shape index (κ3) is 3.39. The van der Waals surface area contributed by atoms with Crippen LogP contribution < -0.4 is 9.62 Å². The van der Waals surface area contributed by atoms with E-state index in [1.807, 2.05) is 0 Å². The monoisotopic (exact) mass is 298 g/mol. The molecule has 0 bridgehead atoms. The first-order valence-electron chi connectivity index (χ1n) is 6.46. The molecule has 112 valence electrons. The molecule has 0 aliphatic heterocycles. The molecule has 0 fully saturated rings. The maximum Gasteiger partial charge on any atom is 0.338 e. The number of carbonyl (C=O) groups excluding carboxylic acids is 2. The van der Waals surface area contributed by atoms with Crippen molar-refractivity contribution in [1.82, 2.24) is 0 Å². The minimum absolute atomic E-state index is 0.0964. The summed E-state index contributed by atoms with van der Waals surface area (Å²) in [6.45, 7) is 4.98. The van der Waals surface area contributed by atoms with Gasteiger partial charge in [-0.25, -0.2) is 10.1 Å². The SMILES string of the molecule is C=C(C)C(=O)Oc1ccc(C(=O)c2ccccc2)c(OO)c1. The van der Waals surface area contributed by atoms with Crippen LogP contribution in [0.15, 0.2) is 60.7 Å². The maximum atomic E-state index is 12.4. The molecule has 0 aromatic heterocycles. The molecular weight excluding hydrogens is 284 g/mol. The van der Waals surface area contributed by atoms with Gasteiger partial charge in [-0.3, -0.25) is 4.79 Å². The number of ether oxygens (including phenoxy) is 1. The van der Waals surface area contributed by atoms with Crippen LogP contribution in [0.3, 0.4) is 0 Å². The Morgan fingerprint density at radius 3 is 2.36 bits per heavy atom. The Morgan fingerprint density at radius 1 is 1.09 bits per heavy atom. The molecule has 2 aromatic carbocycles. The molecule has 0 heterocycles. The largest absolute Gasteiger partial charge is 0.423 e. The Bertz CT molecular complexity index is 719. The fourth-order valence-corrected chi connectivity index (χ4v) is 1.77. The predicted molar refractivity (Wildman–Crippen MR) is 80.0 cm³/mol. The van der Waals surface area contributed by atoms with Crippen LogP contribution in [0.1, 0.15) is 22.8 Å². The summed E-state index contributed by atoms with van der Waals surface area (Å²) < 4.78 is 5.02. The Labute approximate surface area is 127 Å². The molecule has 0 spiro atoms. The molecule has 0 amide bonds. The van der Waals surface area contributed by atoms with E-state index in [1.165, 1.54) is 25.1 Å². The van der Waals surface area contributed by atoms with Gasteiger partial charge in [-0.2, -0.15) is 0 Å². The van der Waals surface area contributed by atoms with Crippen LogP contribution in [0.25, 0.3) is 0 Å². The highest BCUT2D eigenvalue weighted by molar-refractivity contribution is 6.10. The average molecular weight is 298 g/mol. The zero-order valence-corrected chi connectivity index (χ0v) is 11.9. The molecule has 0 unspecified atom stereocenters. The fourth-order valence-electron chi connectivity index (χ4n) is 1.77. The minimum atomic E-state index is -0.606. The van der Waals surface area contributed by atoms with Gasteiger partial charge in [0.05, 0.1) is 5.56 Å². The van der Waals surface area contributed by atoms with E-state index in [-0.39, 0.29) is 28.4 Å². The molecule has 0 saturated carbocycles. The van der Waals surface area contributed by atoms with Crippen molar-refractivity contribution in [2.24, 2.45) is 0 Å². The van der Waals surface area contributed by atoms with Gasteiger partial charge in [0.25, 0.3) is 0 Å². The van der Waals surface area contributed by atoms with Crippen LogP contribution in [-0.4, -0.2) is 17.0 Å². The first-order valence-corrected chi connectivity index (χ1v) is 6.46. The zero-order chi connectivity index (χ0) is 16.1. The van der Waals surface area contributed by atoms with E-state index >= 15 is 0 Å². The Kier molecular flexibility index (Phi) is 4.70. The second kappa shape index (κ2) is 6.69. The second-order valence-electron chi connectivity index (χ2n) is 4.61. The van der Waals surface area contributed by atoms with Gasteiger partial charge in [-0.1, -0.05) is 36.9 Å². The molecular formula is C17H14O5. The average Bonchev–Trinajstić information content (AvgIpc) is 2.54. The van der Waals surface area contributed by atoms with Crippen LogP contribution in [-0.2, 0) is 4.79 Å². The Hall–Kier alpha value is -2.92. The second-order valence-corrected chi connectivity index (χ2v) is 4.61. The highest BCUT2D eigenvalue weighted by Crippen LogP contribution is 2.27. The first kappa shape index (κ1) is 15.5. The molecule has 0 radical (unpaired) electrons. The molecule has 0 saturated heterocycles. The van der Waals surface area contributed by atoms with E-state index in [2.05, 4.69) is 11.5 Å². The van der Waals surface area contributed by atoms with Gasteiger partial charge in [0.1, 0.15) is 5.75 Å². The quantitative estimate of drug-likeness (QED) is 0.229. The van der Waals surface area contributed by atoms with Gasteiger partial charge in [0.2, 0.25) is 0 Å². The molecule has 5 heteroatoms. The van der Waals surface area contributed by atoms with E-state index < -0.39 is 5.97 Å². The summed E-state index contributed by atoms with van der Waals surface area (Å²) in [5, 5.41) is 8.97. The Balaban J connectivity index is 2.32. The molecule has 0 aliphatic rings. The van der Waals surface area contributed by atoms with Gasteiger partial charge >= 0.3 is 5.97 Å².